The number of rotatable bonds is 4. The highest BCUT2D eigenvalue weighted by atomic mass is 32.2. The van der Waals surface area contributed by atoms with Gasteiger partial charge in [0.25, 0.3) is 5.91 Å². The van der Waals surface area contributed by atoms with Crippen LogP contribution in [0.4, 0.5) is 0 Å². The van der Waals surface area contributed by atoms with Crippen LogP contribution in [0.25, 0.3) is 0 Å². The van der Waals surface area contributed by atoms with Crippen LogP contribution in [0.3, 0.4) is 0 Å². The summed E-state index contributed by atoms with van der Waals surface area (Å²) in [6.45, 7) is 0.520. The van der Waals surface area contributed by atoms with Gasteiger partial charge >= 0.3 is 0 Å². The van der Waals surface area contributed by atoms with Crippen molar-refractivity contribution in [3.8, 4) is 0 Å². The van der Waals surface area contributed by atoms with Gasteiger partial charge in [-0.05, 0) is 30.0 Å². The first-order valence-electron chi connectivity index (χ1n) is 5.62. The van der Waals surface area contributed by atoms with Gasteiger partial charge in [0.2, 0.25) is 0 Å². The van der Waals surface area contributed by atoms with Crippen molar-refractivity contribution in [3.05, 3.63) is 59.9 Å². The molecule has 0 atom stereocenters. The highest BCUT2D eigenvalue weighted by molar-refractivity contribution is 7.98. The normalized spacial score (nSPS) is 10.1. The van der Waals surface area contributed by atoms with Crippen LogP contribution in [0.5, 0.6) is 0 Å². The summed E-state index contributed by atoms with van der Waals surface area (Å²) in [5.41, 5.74) is 1.56. The molecular formula is C14H14N2OS. The van der Waals surface area contributed by atoms with Gasteiger partial charge in [-0.25, -0.2) is 0 Å². The van der Waals surface area contributed by atoms with Crippen LogP contribution in [0.15, 0.2) is 53.6 Å². The number of amides is 1. The van der Waals surface area contributed by atoms with Crippen molar-refractivity contribution in [2.45, 2.75) is 11.4 Å². The van der Waals surface area contributed by atoms with Crippen LogP contribution in [0, 0.1) is 0 Å². The second-order valence-electron chi connectivity index (χ2n) is 3.71. The summed E-state index contributed by atoms with van der Waals surface area (Å²) in [5, 5.41) is 2.88. The van der Waals surface area contributed by atoms with Crippen LogP contribution in [0.2, 0.25) is 0 Å². The molecule has 0 spiro atoms. The molecule has 0 aliphatic rings. The maximum atomic E-state index is 11.8. The van der Waals surface area contributed by atoms with E-state index in [0.717, 1.165) is 5.56 Å². The minimum atomic E-state index is -0.147. The fraction of sp³-hybridized carbons (Fsp3) is 0.143. The van der Waals surface area contributed by atoms with Gasteiger partial charge in [0.1, 0.15) is 5.69 Å². The molecule has 0 radical (unpaired) electrons. The van der Waals surface area contributed by atoms with Crippen molar-refractivity contribution >= 4 is 17.7 Å². The lowest BCUT2D eigenvalue weighted by molar-refractivity contribution is 0.0945. The van der Waals surface area contributed by atoms with Crippen molar-refractivity contribution in [2.75, 3.05) is 6.26 Å². The summed E-state index contributed by atoms with van der Waals surface area (Å²) in [5.74, 6) is -0.147. The van der Waals surface area contributed by atoms with Gasteiger partial charge in [-0.15, -0.1) is 11.8 Å². The number of benzene rings is 1. The molecule has 0 unspecified atom stereocenters. The van der Waals surface area contributed by atoms with Gasteiger partial charge in [-0.3, -0.25) is 9.78 Å². The van der Waals surface area contributed by atoms with E-state index in [0.29, 0.717) is 12.2 Å². The van der Waals surface area contributed by atoms with Gasteiger partial charge in [-0.2, -0.15) is 0 Å². The highest BCUT2D eigenvalue weighted by Crippen LogP contribution is 2.19. The van der Waals surface area contributed by atoms with Gasteiger partial charge in [0, 0.05) is 17.6 Å². The van der Waals surface area contributed by atoms with Crippen LogP contribution < -0.4 is 5.32 Å². The Bertz CT molecular complexity index is 528. The monoisotopic (exact) mass is 258 g/mol. The number of aromatic nitrogens is 1. The third-order valence-electron chi connectivity index (χ3n) is 2.53. The summed E-state index contributed by atoms with van der Waals surface area (Å²) in [4.78, 5) is 17.0. The highest BCUT2D eigenvalue weighted by Gasteiger charge is 2.07. The first-order chi connectivity index (χ1) is 8.81. The summed E-state index contributed by atoms with van der Waals surface area (Å²) >= 11 is 1.68. The molecule has 4 heteroatoms. The first kappa shape index (κ1) is 12.6. The number of carbonyl (C=O) groups is 1. The number of thioether (sulfide) groups is 1. The second kappa shape index (κ2) is 6.21. The molecule has 2 aromatic rings. The zero-order chi connectivity index (χ0) is 12.8. The molecule has 1 amide bonds. The topological polar surface area (TPSA) is 42.0 Å². The van der Waals surface area contributed by atoms with E-state index in [1.54, 1.807) is 36.2 Å². The van der Waals surface area contributed by atoms with E-state index >= 15 is 0 Å². The minimum absolute atomic E-state index is 0.147. The molecule has 3 nitrogen and oxygen atoms in total. The third-order valence-corrected chi connectivity index (χ3v) is 3.37. The standard InChI is InChI=1S/C14H14N2OS/c1-18-13-8-3-2-6-11(13)10-16-14(17)12-7-4-5-9-15-12/h2-9H,10H2,1H3,(H,16,17). The Hall–Kier alpha value is -1.81. The molecule has 0 fully saturated rings. The lowest BCUT2D eigenvalue weighted by Gasteiger charge is -2.08. The van der Waals surface area contributed by atoms with E-state index in [2.05, 4.69) is 10.3 Å². The molecule has 1 N–H and O–H groups in total. The predicted octanol–water partition coefficient (Wildman–Crippen LogP) is 2.73. The lowest BCUT2D eigenvalue weighted by atomic mass is 10.2. The minimum Gasteiger partial charge on any atom is -0.347 e. The van der Waals surface area contributed by atoms with Gasteiger partial charge in [-0.1, -0.05) is 24.3 Å². The molecule has 92 valence electrons. The van der Waals surface area contributed by atoms with Gasteiger partial charge in [0.05, 0.1) is 0 Å². The molecule has 2 rings (SSSR count). The Labute approximate surface area is 111 Å². The van der Waals surface area contributed by atoms with E-state index in [9.17, 15) is 4.79 Å². The number of hydrogen-bond donors (Lipinski definition) is 1. The van der Waals surface area contributed by atoms with Crippen molar-refractivity contribution in [3.63, 3.8) is 0 Å². The van der Waals surface area contributed by atoms with Crippen LogP contribution in [-0.4, -0.2) is 17.1 Å². The average molecular weight is 258 g/mol. The number of pyridine rings is 1. The zero-order valence-corrected chi connectivity index (χ0v) is 10.9. The van der Waals surface area contributed by atoms with E-state index in [-0.39, 0.29) is 5.91 Å². The summed E-state index contributed by atoms with van der Waals surface area (Å²) in [6.07, 6.45) is 3.64. The number of nitrogens with zero attached hydrogens (tertiary/aromatic N) is 1. The SMILES string of the molecule is CSc1ccccc1CNC(=O)c1ccccn1. The van der Waals surface area contributed by atoms with Crippen LogP contribution in [-0.2, 0) is 6.54 Å². The maximum absolute atomic E-state index is 11.8. The van der Waals surface area contributed by atoms with Gasteiger partial charge in [0.15, 0.2) is 0 Å². The Kier molecular flexibility index (Phi) is 4.36. The molecule has 0 aliphatic heterocycles. The first-order valence-corrected chi connectivity index (χ1v) is 6.85. The molecule has 1 heterocycles. The number of hydrogen-bond acceptors (Lipinski definition) is 3. The van der Waals surface area contributed by atoms with E-state index < -0.39 is 0 Å². The van der Waals surface area contributed by atoms with E-state index in [4.69, 9.17) is 0 Å². The second-order valence-corrected chi connectivity index (χ2v) is 4.56. The van der Waals surface area contributed by atoms with Crippen molar-refractivity contribution in [1.82, 2.24) is 10.3 Å². The predicted molar refractivity (Wildman–Crippen MR) is 73.6 cm³/mol. The quantitative estimate of drug-likeness (QED) is 0.857. The van der Waals surface area contributed by atoms with E-state index in [1.807, 2.05) is 30.5 Å². The number of carbonyl (C=O) groups excluding carboxylic acids is 1. The molecule has 1 aromatic carbocycles. The summed E-state index contributed by atoms with van der Waals surface area (Å²) < 4.78 is 0. The van der Waals surface area contributed by atoms with E-state index in [1.165, 1.54) is 4.90 Å². The third kappa shape index (κ3) is 3.11. The molecule has 1 aromatic heterocycles. The Morgan fingerprint density at radius 3 is 2.72 bits per heavy atom. The van der Waals surface area contributed by atoms with Crippen molar-refractivity contribution < 1.29 is 4.79 Å². The Morgan fingerprint density at radius 2 is 2.00 bits per heavy atom. The smallest absolute Gasteiger partial charge is 0.270 e. The lowest BCUT2D eigenvalue weighted by Crippen LogP contribution is -2.23. The van der Waals surface area contributed by atoms with Crippen molar-refractivity contribution in [1.29, 1.82) is 0 Å². The summed E-state index contributed by atoms with van der Waals surface area (Å²) in [7, 11) is 0. The molecule has 0 bridgehead atoms. The molecular weight excluding hydrogens is 244 g/mol. The average Bonchev–Trinajstić information content (AvgIpc) is 2.46. The number of nitrogens with one attached hydrogen (secondary N) is 1. The van der Waals surface area contributed by atoms with Crippen molar-refractivity contribution in [2.24, 2.45) is 0 Å². The molecule has 0 saturated carbocycles. The van der Waals surface area contributed by atoms with Crippen LogP contribution >= 0.6 is 11.8 Å². The zero-order valence-electron chi connectivity index (χ0n) is 10.1. The molecule has 18 heavy (non-hydrogen) atoms. The largest absolute Gasteiger partial charge is 0.347 e. The van der Waals surface area contributed by atoms with Crippen LogP contribution in [0.1, 0.15) is 16.1 Å². The molecule has 0 aliphatic carbocycles. The Morgan fingerprint density at radius 1 is 1.22 bits per heavy atom. The Balaban J connectivity index is 2.02. The molecule has 0 saturated heterocycles. The summed E-state index contributed by atoms with van der Waals surface area (Å²) in [6, 6.07) is 13.3. The fourth-order valence-electron chi connectivity index (χ4n) is 1.61. The van der Waals surface area contributed by atoms with Gasteiger partial charge < -0.3 is 5.32 Å². The fourth-order valence-corrected chi connectivity index (χ4v) is 2.23. The maximum Gasteiger partial charge on any atom is 0.270 e.